The third kappa shape index (κ3) is 4.59. The van der Waals surface area contributed by atoms with Crippen molar-refractivity contribution in [2.45, 2.75) is 32.6 Å². The summed E-state index contributed by atoms with van der Waals surface area (Å²) in [5.74, 6) is 0.318. The molecule has 6 heteroatoms. The van der Waals surface area contributed by atoms with Crippen LogP contribution >= 0.6 is 0 Å². The van der Waals surface area contributed by atoms with E-state index < -0.39 is 0 Å². The number of halogens is 1. The van der Waals surface area contributed by atoms with Crippen molar-refractivity contribution in [3.8, 4) is 5.75 Å². The highest BCUT2D eigenvalue weighted by Crippen LogP contribution is 2.26. The van der Waals surface area contributed by atoms with Crippen LogP contribution < -0.4 is 15.4 Å². The molecule has 2 aromatic rings. The second-order valence-corrected chi connectivity index (χ2v) is 6.33. The van der Waals surface area contributed by atoms with Gasteiger partial charge < -0.3 is 15.4 Å². The molecule has 0 fully saturated rings. The molecule has 0 bridgehead atoms. The van der Waals surface area contributed by atoms with Gasteiger partial charge in [0.1, 0.15) is 11.6 Å². The van der Waals surface area contributed by atoms with Crippen molar-refractivity contribution in [1.82, 2.24) is 0 Å². The Labute approximate surface area is 151 Å². The lowest BCUT2D eigenvalue weighted by molar-refractivity contribution is -0.117. The molecule has 1 aliphatic heterocycles. The summed E-state index contributed by atoms with van der Waals surface area (Å²) in [6, 6.07) is 9.85. The van der Waals surface area contributed by atoms with Gasteiger partial charge in [-0.25, -0.2) is 4.39 Å². The average Bonchev–Trinajstić information content (AvgIpc) is 2.61. The highest BCUT2D eigenvalue weighted by atomic mass is 19.1. The standard InChI is InChI=1S/C20H21FN2O3/c1-13-11-15(21)5-7-17(13)22-19(24)3-2-10-26-16-6-8-18-14(12-16)4-9-20(25)23-18/h5-8,11-12H,2-4,9-10H2,1H3,(H,22,24)(H,23,25). The summed E-state index contributed by atoms with van der Waals surface area (Å²) in [5, 5.41) is 5.61. The number of hydrogen-bond donors (Lipinski definition) is 2. The Morgan fingerprint density at radius 2 is 2.08 bits per heavy atom. The second kappa shape index (κ2) is 7.99. The zero-order chi connectivity index (χ0) is 18.5. The molecule has 0 atom stereocenters. The van der Waals surface area contributed by atoms with Gasteiger partial charge in [0.2, 0.25) is 11.8 Å². The molecule has 0 aromatic heterocycles. The van der Waals surface area contributed by atoms with Gasteiger partial charge in [-0.2, -0.15) is 0 Å². The highest BCUT2D eigenvalue weighted by molar-refractivity contribution is 5.94. The molecule has 5 nitrogen and oxygen atoms in total. The predicted octanol–water partition coefficient (Wildman–Crippen LogP) is 3.82. The van der Waals surface area contributed by atoms with Crippen LogP contribution in [0.1, 0.15) is 30.4 Å². The van der Waals surface area contributed by atoms with E-state index in [2.05, 4.69) is 10.6 Å². The number of hydrogen-bond acceptors (Lipinski definition) is 3. The topological polar surface area (TPSA) is 67.4 Å². The maximum Gasteiger partial charge on any atom is 0.224 e. The van der Waals surface area contributed by atoms with E-state index in [9.17, 15) is 14.0 Å². The minimum absolute atomic E-state index is 0.0357. The van der Waals surface area contributed by atoms with Crippen LogP contribution in [0.25, 0.3) is 0 Å². The van der Waals surface area contributed by atoms with E-state index >= 15 is 0 Å². The lowest BCUT2D eigenvalue weighted by Crippen LogP contribution is -2.18. The Hall–Kier alpha value is -2.89. The van der Waals surface area contributed by atoms with E-state index in [1.165, 1.54) is 12.1 Å². The summed E-state index contributed by atoms with van der Waals surface area (Å²) in [4.78, 5) is 23.3. The van der Waals surface area contributed by atoms with Gasteiger partial charge in [0, 0.05) is 24.2 Å². The average molecular weight is 356 g/mol. The van der Waals surface area contributed by atoms with Gasteiger partial charge in [-0.1, -0.05) is 0 Å². The summed E-state index contributed by atoms with van der Waals surface area (Å²) in [6.45, 7) is 2.17. The van der Waals surface area contributed by atoms with E-state index in [0.29, 0.717) is 43.5 Å². The van der Waals surface area contributed by atoms with E-state index in [4.69, 9.17) is 4.74 Å². The zero-order valence-electron chi connectivity index (χ0n) is 14.6. The van der Waals surface area contributed by atoms with Crippen molar-refractivity contribution >= 4 is 23.2 Å². The van der Waals surface area contributed by atoms with Crippen LogP contribution in [-0.4, -0.2) is 18.4 Å². The first-order valence-electron chi connectivity index (χ1n) is 8.63. The molecule has 0 unspecified atom stereocenters. The summed E-state index contributed by atoms with van der Waals surface area (Å²) < 4.78 is 18.8. The molecule has 0 spiro atoms. The number of carbonyl (C=O) groups is 2. The molecule has 0 radical (unpaired) electrons. The zero-order valence-corrected chi connectivity index (χ0v) is 14.6. The molecule has 26 heavy (non-hydrogen) atoms. The van der Waals surface area contributed by atoms with Gasteiger partial charge in [0.15, 0.2) is 0 Å². The van der Waals surface area contributed by atoms with Gasteiger partial charge in [-0.15, -0.1) is 0 Å². The molecular formula is C20H21FN2O3. The third-order valence-electron chi connectivity index (χ3n) is 4.25. The van der Waals surface area contributed by atoms with Gasteiger partial charge in [0.05, 0.1) is 6.61 Å². The third-order valence-corrected chi connectivity index (χ3v) is 4.25. The first kappa shape index (κ1) is 17.9. The molecule has 0 saturated heterocycles. The first-order chi connectivity index (χ1) is 12.5. The molecule has 2 amide bonds. The van der Waals surface area contributed by atoms with Crippen LogP contribution in [-0.2, 0) is 16.0 Å². The highest BCUT2D eigenvalue weighted by Gasteiger charge is 2.15. The normalized spacial score (nSPS) is 12.9. The summed E-state index contributed by atoms with van der Waals surface area (Å²) in [5.41, 5.74) is 3.21. The number of amides is 2. The monoisotopic (exact) mass is 356 g/mol. The molecular weight excluding hydrogens is 335 g/mol. The molecule has 2 aromatic carbocycles. The van der Waals surface area contributed by atoms with Crippen molar-refractivity contribution in [3.05, 3.63) is 53.3 Å². The predicted molar refractivity (Wildman–Crippen MR) is 97.9 cm³/mol. The number of ether oxygens (including phenoxy) is 1. The Kier molecular flexibility index (Phi) is 5.51. The van der Waals surface area contributed by atoms with Crippen molar-refractivity contribution < 1.29 is 18.7 Å². The number of anilines is 2. The Balaban J connectivity index is 1.44. The van der Waals surface area contributed by atoms with Crippen LogP contribution in [0.3, 0.4) is 0 Å². The van der Waals surface area contributed by atoms with Crippen molar-refractivity contribution in [2.24, 2.45) is 0 Å². The van der Waals surface area contributed by atoms with Crippen molar-refractivity contribution in [1.29, 1.82) is 0 Å². The number of aryl methyl sites for hydroxylation is 2. The lowest BCUT2D eigenvalue weighted by Gasteiger charge is -2.17. The van der Waals surface area contributed by atoms with Crippen LogP contribution in [0, 0.1) is 12.7 Å². The molecule has 0 aliphatic carbocycles. The quantitative estimate of drug-likeness (QED) is 0.773. The van der Waals surface area contributed by atoms with E-state index in [0.717, 1.165) is 17.0 Å². The molecule has 3 rings (SSSR count). The smallest absolute Gasteiger partial charge is 0.224 e. The van der Waals surface area contributed by atoms with Gasteiger partial charge in [-0.05, 0) is 67.3 Å². The summed E-state index contributed by atoms with van der Waals surface area (Å²) >= 11 is 0. The van der Waals surface area contributed by atoms with Crippen LogP contribution in [0.5, 0.6) is 5.75 Å². The fourth-order valence-electron chi connectivity index (χ4n) is 2.85. The summed E-state index contributed by atoms with van der Waals surface area (Å²) in [6.07, 6.45) is 2.08. The number of benzene rings is 2. The second-order valence-electron chi connectivity index (χ2n) is 6.33. The Bertz CT molecular complexity index is 836. The van der Waals surface area contributed by atoms with Crippen LogP contribution in [0.2, 0.25) is 0 Å². The SMILES string of the molecule is Cc1cc(F)ccc1NC(=O)CCCOc1ccc2c(c1)CCC(=O)N2. The lowest BCUT2D eigenvalue weighted by atomic mass is 10.0. The number of fused-ring (bicyclic) bond motifs is 1. The fourth-order valence-corrected chi connectivity index (χ4v) is 2.85. The van der Waals surface area contributed by atoms with Crippen molar-refractivity contribution in [3.63, 3.8) is 0 Å². The Morgan fingerprint density at radius 3 is 2.88 bits per heavy atom. The van der Waals surface area contributed by atoms with E-state index in [-0.39, 0.29) is 17.6 Å². The minimum atomic E-state index is -0.321. The van der Waals surface area contributed by atoms with E-state index in [1.54, 1.807) is 13.0 Å². The number of nitrogens with one attached hydrogen (secondary N) is 2. The molecule has 2 N–H and O–H groups in total. The van der Waals surface area contributed by atoms with Crippen LogP contribution in [0.4, 0.5) is 15.8 Å². The molecule has 0 saturated carbocycles. The molecule has 136 valence electrons. The fraction of sp³-hybridized carbons (Fsp3) is 0.300. The van der Waals surface area contributed by atoms with Gasteiger partial charge in [-0.3, -0.25) is 9.59 Å². The maximum absolute atomic E-state index is 13.1. The number of rotatable bonds is 6. The largest absolute Gasteiger partial charge is 0.494 e. The Morgan fingerprint density at radius 1 is 1.23 bits per heavy atom. The first-order valence-corrected chi connectivity index (χ1v) is 8.63. The molecule has 1 heterocycles. The molecule has 1 aliphatic rings. The van der Waals surface area contributed by atoms with E-state index in [1.807, 2.05) is 18.2 Å². The minimum Gasteiger partial charge on any atom is -0.494 e. The van der Waals surface area contributed by atoms with Crippen LogP contribution in [0.15, 0.2) is 36.4 Å². The van der Waals surface area contributed by atoms with Gasteiger partial charge in [0.25, 0.3) is 0 Å². The van der Waals surface area contributed by atoms with Gasteiger partial charge >= 0.3 is 0 Å². The van der Waals surface area contributed by atoms with Crippen molar-refractivity contribution in [2.75, 3.05) is 17.2 Å². The summed E-state index contributed by atoms with van der Waals surface area (Å²) in [7, 11) is 0. The number of carbonyl (C=O) groups excluding carboxylic acids is 2. The maximum atomic E-state index is 13.1.